The van der Waals surface area contributed by atoms with Crippen molar-refractivity contribution >= 4 is 28.4 Å². The third kappa shape index (κ3) is 3.66. The van der Waals surface area contributed by atoms with E-state index in [-0.39, 0.29) is 5.91 Å². The number of carbonyl (C=O) groups is 1. The van der Waals surface area contributed by atoms with Gasteiger partial charge in [0.1, 0.15) is 0 Å². The van der Waals surface area contributed by atoms with E-state index in [2.05, 4.69) is 10.3 Å². The number of methoxy groups -OCH3 is 1. The molecule has 0 radical (unpaired) electrons. The maximum absolute atomic E-state index is 11.9. The van der Waals surface area contributed by atoms with Crippen LogP contribution in [0.15, 0.2) is 30.5 Å². The van der Waals surface area contributed by atoms with E-state index in [9.17, 15) is 4.79 Å². The summed E-state index contributed by atoms with van der Waals surface area (Å²) in [6, 6.07) is 7.22. The Labute approximate surface area is 116 Å². The van der Waals surface area contributed by atoms with Crippen LogP contribution in [0.25, 0.3) is 10.9 Å². The fourth-order valence-electron chi connectivity index (χ4n) is 1.74. The van der Waals surface area contributed by atoms with E-state index in [0.29, 0.717) is 23.7 Å². The van der Waals surface area contributed by atoms with Crippen molar-refractivity contribution in [2.24, 2.45) is 0 Å². The van der Waals surface area contributed by atoms with Gasteiger partial charge in [-0.2, -0.15) is 0 Å². The van der Waals surface area contributed by atoms with Crippen molar-refractivity contribution < 1.29 is 9.53 Å². The molecule has 0 aliphatic carbocycles. The quantitative estimate of drug-likeness (QED) is 0.856. The van der Waals surface area contributed by atoms with Crippen LogP contribution in [0.2, 0.25) is 5.02 Å². The molecule has 2 rings (SSSR count). The second-order valence-corrected chi connectivity index (χ2v) is 4.60. The van der Waals surface area contributed by atoms with Gasteiger partial charge < -0.3 is 10.1 Å². The molecule has 0 unspecified atom stereocenters. The third-order valence-corrected chi connectivity index (χ3v) is 2.95. The van der Waals surface area contributed by atoms with E-state index in [4.69, 9.17) is 16.3 Å². The minimum absolute atomic E-state index is 0.125. The molecule has 19 heavy (non-hydrogen) atoms. The maximum atomic E-state index is 11.9. The van der Waals surface area contributed by atoms with E-state index in [0.717, 1.165) is 17.3 Å². The molecule has 4 nitrogen and oxygen atoms in total. The molecule has 2 aromatic rings. The number of halogens is 1. The highest BCUT2D eigenvalue weighted by Crippen LogP contribution is 2.18. The molecule has 0 spiro atoms. The van der Waals surface area contributed by atoms with Gasteiger partial charge in [-0.25, -0.2) is 0 Å². The normalized spacial score (nSPS) is 10.6. The van der Waals surface area contributed by atoms with Gasteiger partial charge in [0.2, 0.25) is 0 Å². The first-order valence-electron chi connectivity index (χ1n) is 6.03. The van der Waals surface area contributed by atoms with E-state index in [1.54, 1.807) is 25.4 Å². The fourth-order valence-corrected chi connectivity index (χ4v) is 1.91. The summed E-state index contributed by atoms with van der Waals surface area (Å²) in [7, 11) is 1.64. The number of aromatic nitrogens is 1. The molecule has 0 aliphatic rings. The van der Waals surface area contributed by atoms with Gasteiger partial charge in [-0.15, -0.1) is 0 Å². The number of fused-ring (bicyclic) bond motifs is 1. The van der Waals surface area contributed by atoms with Crippen LogP contribution in [0.3, 0.4) is 0 Å². The summed E-state index contributed by atoms with van der Waals surface area (Å²) < 4.78 is 4.92. The van der Waals surface area contributed by atoms with Crippen LogP contribution < -0.4 is 5.32 Å². The molecule has 0 bridgehead atoms. The highest BCUT2D eigenvalue weighted by molar-refractivity contribution is 6.31. The molecule has 0 atom stereocenters. The van der Waals surface area contributed by atoms with Crippen LogP contribution >= 0.6 is 11.6 Å². The van der Waals surface area contributed by atoms with Gasteiger partial charge in [0.05, 0.1) is 11.1 Å². The number of hydrogen-bond acceptors (Lipinski definition) is 3. The molecule has 0 fully saturated rings. The fraction of sp³-hybridized carbons (Fsp3) is 0.286. The second kappa shape index (κ2) is 6.50. The van der Waals surface area contributed by atoms with Gasteiger partial charge in [-0.05, 0) is 24.6 Å². The summed E-state index contributed by atoms with van der Waals surface area (Å²) in [6.07, 6.45) is 2.35. The molecule has 0 aliphatic heterocycles. The van der Waals surface area contributed by atoms with Crippen LogP contribution in [0.5, 0.6) is 0 Å². The summed E-state index contributed by atoms with van der Waals surface area (Å²) in [6.45, 7) is 1.22. The van der Waals surface area contributed by atoms with Crippen LogP contribution in [-0.2, 0) is 4.74 Å². The lowest BCUT2D eigenvalue weighted by Crippen LogP contribution is -2.25. The highest BCUT2D eigenvalue weighted by atomic mass is 35.5. The van der Waals surface area contributed by atoms with Gasteiger partial charge in [-0.3, -0.25) is 9.78 Å². The molecule has 1 aromatic carbocycles. The predicted octanol–water partition coefficient (Wildman–Crippen LogP) is 2.65. The number of hydrogen-bond donors (Lipinski definition) is 1. The topological polar surface area (TPSA) is 51.2 Å². The van der Waals surface area contributed by atoms with Gasteiger partial charge in [0, 0.05) is 36.9 Å². The molecule has 1 heterocycles. The van der Waals surface area contributed by atoms with Crippen LogP contribution in [0.1, 0.15) is 16.8 Å². The molecular formula is C14H15ClN2O2. The maximum Gasteiger partial charge on any atom is 0.252 e. The molecule has 5 heteroatoms. The number of benzene rings is 1. The second-order valence-electron chi connectivity index (χ2n) is 4.16. The average molecular weight is 279 g/mol. The molecule has 1 N–H and O–H groups in total. The smallest absolute Gasteiger partial charge is 0.252 e. The molecule has 1 aromatic heterocycles. The number of nitrogens with one attached hydrogen (secondary N) is 1. The summed E-state index contributed by atoms with van der Waals surface area (Å²) >= 11 is 5.89. The summed E-state index contributed by atoms with van der Waals surface area (Å²) in [5.74, 6) is -0.125. The number of carbonyl (C=O) groups excluding carboxylic acids is 1. The van der Waals surface area contributed by atoms with Gasteiger partial charge in [0.25, 0.3) is 5.91 Å². The minimum atomic E-state index is -0.125. The first kappa shape index (κ1) is 13.8. The number of pyridine rings is 1. The Balaban J connectivity index is 2.08. The van der Waals surface area contributed by atoms with Crippen molar-refractivity contribution in [2.45, 2.75) is 6.42 Å². The molecule has 100 valence electrons. The predicted molar refractivity (Wildman–Crippen MR) is 75.6 cm³/mol. The SMILES string of the molecule is COCCCNC(=O)c1cnc2cc(Cl)ccc2c1. The van der Waals surface area contributed by atoms with Crippen molar-refractivity contribution in [1.29, 1.82) is 0 Å². The van der Waals surface area contributed by atoms with Crippen molar-refractivity contribution in [3.8, 4) is 0 Å². The van der Waals surface area contributed by atoms with Gasteiger partial charge >= 0.3 is 0 Å². The van der Waals surface area contributed by atoms with E-state index in [1.807, 2.05) is 12.1 Å². The van der Waals surface area contributed by atoms with Crippen molar-refractivity contribution in [3.05, 3.63) is 41.0 Å². The van der Waals surface area contributed by atoms with E-state index >= 15 is 0 Å². The highest BCUT2D eigenvalue weighted by Gasteiger charge is 2.06. The average Bonchev–Trinajstić information content (AvgIpc) is 2.42. The molecule has 1 amide bonds. The standard InChI is InChI=1S/C14H15ClN2O2/c1-19-6-2-5-16-14(18)11-7-10-3-4-12(15)8-13(10)17-9-11/h3-4,7-9H,2,5-6H2,1H3,(H,16,18). The Bertz CT molecular complexity index is 587. The Hall–Kier alpha value is -1.65. The zero-order valence-electron chi connectivity index (χ0n) is 10.6. The van der Waals surface area contributed by atoms with E-state index < -0.39 is 0 Å². The molecule has 0 saturated carbocycles. The zero-order chi connectivity index (χ0) is 13.7. The van der Waals surface area contributed by atoms with Crippen molar-refractivity contribution in [2.75, 3.05) is 20.3 Å². The Morgan fingerprint density at radius 3 is 3.05 bits per heavy atom. The van der Waals surface area contributed by atoms with Crippen molar-refractivity contribution in [1.82, 2.24) is 10.3 Å². The Morgan fingerprint density at radius 1 is 1.42 bits per heavy atom. The van der Waals surface area contributed by atoms with E-state index in [1.165, 1.54) is 0 Å². The number of nitrogens with zero attached hydrogens (tertiary/aromatic N) is 1. The van der Waals surface area contributed by atoms with Crippen LogP contribution in [0, 0.1) is 0 Å². The van der Waals surface area contributed by atoms with Crippen molar-refractivity contribution in [3.63, 3.8) is 0 Å². The lowest BCUT2D eigenvalue weighted by Gasteiger charge is -2.05. The van der Waals surface area contributed by atoms with Crippen LogP contribution in [0.4, 0.5) is 0 Å². The summed E-state index contributed by atoms with van der Waals surface area (Å²) in [5.41, 5.74) is 1.33. The molecular weight excluding hydrogens is 264 g/mol. The minimum Gasteiger partial charge on any atom is -0.385 e. The summed E-state index contributed by atoms with van der Waals surface area (Å²) in [4.78, 5) is 16.1. The first-order chi connectivity index (χ1) is 9.20. The monoisotopic (exact) mass is 278 g/mol. The van der Waals surface area contributed by atoms with Gasteiger partial charge in [0.15, 0.2) is 0 Å². The Morgan fingerprint density at radius 2 is 2.26 bits per heavy atom. The largest absolute Gasteiger partial charge is 0.385 e. The number of rotatable bonds is 5. The number of ether oxygens (including phenoxy) is 1. The van der Waals surface area contributed by atoms with Gasteiger partial charge in [-0.1, -0.05) is 17.7 Å². The third-order valence-electron chi connectivity index (χ3n) is 2.72. The first-order valence-corrected chi connectivity index (χ1v) is 6.41. The molecule has 0 saturated heterocycles. The Kier molecular flexibility index (Phi) is 4.71. The summed E-state index contributed by atoms with van der Waals surface area (Å²) in [5, 5.41) is 4.36. The zero-order valence-corrected chi connectivity index (χ0v) is 11.4. The number of amides is 1. The lowest BCUT2D eigenvalue weighted by atomic mass is 10.1. The van der Waals surface area contributed by atoms with Crippen LogP contribution in [-0.4, -0.2) is 31.2 Å². The lowest BCUT2D eigenvalue weighted by molar-refractivity contribution is 0.0948.